The summed E-state index contributed by atoms with van der Waals surface area (Å²) in [7, 11) is 0. The highest BCUT2D eigenvalue weighted by molar-refractivity contribution is 5.95. The largest absolute Gasteiger partial charge is 0.480 e. The van der Waals surface area contributed by atoms with Crippen LogP contribution in [0.15, 0.2) is 6.07 Å². The molecule has 19 heavy (non-hydrogen) atoms. The van der Waals surface area contributed by atoms with Crippen molar-refractivity contribution in [3.8, 4) is 0 Å². The number of carbonyl (C=O) groups is 2. The maximum atomic E-state index is 12.1. The van der Waals surface area contributed by atoms with Gasteiger partial charge in [-0.15, -0.1) is 0 Å². The first-order valence-electron chi connectivity index (χ1n) is 6.48. The monoisotopic (exact) mass is 267 g/mol. The third-order valence-electron chi connectivity index (χ3n) is 3.20. The van der Waals surface area contributed by atoms with Gasteiger partial charge in [-0.1, -0.05) is 20.3 Å². The van der Waals surface area contributed by atoms with Gasteiger partial charge >= 0.3 is 5.97 Å². The maximum Gasteiger partial charge on any atom is 0.326 e. The van der Waals surface area contributed by atoms with Gasteiger partial charge in [0, 0.05) is 6.54 Å². The number of nitrogens with zero attached hydrogens (tertiary/aromatic N) is 2. The van der Waals surface area contributed by atoms with Gasteiger partial charge in [-0.3, -0.25) is 9.48 Å². The van der Waals surface area contributed by atoms with E-state index in [0.717, 1.165) is 5.69 Å². The normalized spacial score (nSPS) is 13.9. The van der Waals surface area contributed by atoms with Gasteiger partial charge in [0.15, 0.2) is 0 Å². The zero-order chi connectivity index (χ0) is 14.6. The number of amides is 1. The molecule has 0 spiro atoms. The van der Waals surface area contributed by atoms with Gasteiger partial charge in [0.2, 0.25) is 0 Å². The summed E-state index contributed by atoms with van der Waals surface area (Å²) in [5.74, 6) is -1.53. The number of rotatable bonds is 6. The summed E-state index contributed by atoms with van der Waals surface area (Å²) < 4.78 is 1.57. The van der Waals surface area contributed by atoms with E-state index in [1.807, 2.05) is 13.8 Å². The zero-order valence-electron chi connectivity index (χ0n) is 11.8. The van der Waals surface area contributed by atoms with Crippen LogP contribution in [0.1, 0.15) is 43.4 Å². The molecule has 0 aliphatic heterocycles. The Bertz CT molecular complexity index is 468. The van der Waals surface area contributed by atoms with Crippen LogP contribution in [0.4, 0.5) is 0 Å². The molecule has 0 radical (unpaired) electrons. The number of carboxylic acid groups (broad SMARTS) is 1. The fraction of sp³-hybridized carbons (Fsp3) is 0.615. The van der Waals surface area contributed by atoms with E-state index in [1.165, 1.54) is 0 Å². The van der Waals surface area contributed by atoms with Gasteiger partial charge in [0.25, 0.3) is 5.91 Å². The van der Waals surface area contributed by atoms with Crippen molar-refractivity contribution in [2.24, 2.45) is 5.92 Å². The lowest BCUT2D eigenvalue weighted by Gasteiger charge is -2.20. The highest BCUT2D eigenvalue weighted by Crippen LogP contribution is 2.10. The van der Waals surface area contributed by atoms with Crippen LogP contribution < -0.4 is 5.32 Å². The molecule has 106 valence electrons. The molecule has 0 bridgehead atoms. The lowest BCUT2D eigenvalue weighted by Crippen LogP contribution is -2.45. The molecule has 2 N–H and O–H groups in total. The molecule has 1 aromatic heterocycles. The second kappa shape index (κ2) is 6.36. The van der Waals surface area contributed by atoms with E-state index in [0.29, 0.717) is 18.7 Å². The third kappa shape index (κ3) is 3.56. The van der Waals surface area contributed by atoms with Crippen LogP contribution in [0.3, 0.4) is 0 Å². The van der Waals surface area contributed by atoms with Crippen molar-refractivity contribution in [1.82, 2.24) is 15.1 Å². The first-order valence-corrected chi connectivity index (χ1v) is 6.48. The van der Waals surface area contributed by atoms with Crippen molar-refractivity contribution in [3.63, 3.8) is 0 Å². The molecule has 1 aromatic rings. The average molecular weight is 267 g/mol. The van der Waals surface area contributed by atoms with Crippen LogP contribution in [-0.2, 0) is 11.3 Å². The van der Waals surface area contributed by atoms with E-state index in [2.05, 4.69) is 10.4 Å². The Kier molecular flexibility index (Phi) is 5.09. The van der Waals surface area contributed by atoms with Crippen molar-refractivity contribution < 1.29 is 14.7 Å². The second-order valence-corrected chi connectivity index (χ2v) is 4.66. The first kappa shape index (κ1) is 15.2. The SMILES string of the molecule is CC[C@H](C)[C@H](NC(=O)c1cc(C)nn1CC)C(=O)O. The summed E-state index contributed by atoms with van der Waals surface area (Å²) >= 11 is 0. The molecule has 6 heteroatoms. The third-order valence-corrected chi connectivity index (χ3v) is 3.20. The highest BCUT2D eigenvalue weighted by atomic mass is 16.4. The summed E-state index contributed by atoms with van der Waals surface area (Å²) in [5.41, 5.74) is 1.14. The Hall–Kier alpha value is -1.85. The smallest absolute Gasteiger partial charge is 0.326 e. The summed E-state index contributed by atoms with van der Waals surface area (Å²) in [6, 6.07) is 0.784. The fourth-order valence-electron chi connectivity index (χ4n) is 1.87. The molecule has 0 saturated carbocycles. The number of aromatic nitrogens is 2. The fourth-order valence-corrected chi connectivity index (χ4v) is 1.87. The van der Waals surface area contributed by atoms with Crippen LogP contribution in [0, 0.1) is 12.8 Å². The molecule has 0 fully saturated rings. The molecule has 0 saturated heterocycles. The molecular weight excluding hydrogens is 246 g/mol. The number of aryl methyl sites for hydroxylation is 2. The Morgan fingerprint density at radius 3 is 2.58 bits per heavy atom. The van der Waals surface area contributed by atoms with Crippen LogP contribution in [0.5, 0.6) is 0 Å². The lowest BCUT2D eigenvalue weighted by atomic mass is 9.99. The first-order chi connectivity index (χ1) is 8.90. The van der Waals surface area contributed by atoms with E-state index in [-0.39, 0.29) is 5.92 Å². The van der Waals surface area contributed by atoms with Gasteiger partial charge in [-0.25, -0.2) is 4.79 Å². The van der Waals surface area contributed by atoms with E-state index < -0.39 is 17.9 Å². The number of aliphatic carboxylic acids is 1. The van der Waals surface area contributed by atoms with Crippen molar-refractivity contribution in [2.45, 2.75) is 46.7 Å². The van der Waals surface area contributed by atoms with E-state index in [9.17, 15) is 9.59 Å². The van der Waals surface area contributed by atoms with Crippen molar-refractivity contribution in [1.29, 1.82) is 0 Å². The Balaban J connectivity index is 2.90. The Labute approximate surface area is 112 Å². The summed E-state index contributed by atoms with van der Waals surface area (Å²) in [6.07, 6.45) is 0.684. The van der Waals surface area contributed by atoms with E-state index in [4.69, 9.17) is 5.11 Å². The lowest BCUT2D eigenvalue weighted by molar-refractivity contribution is -0.140. The van der Waals surface area contributed by atoms with E-state index >= 15 is 0 Å². The molecule has 2 atom stereocenters. The van der Waals surface area contributed by atoms with Gasteiger partial charge in [0.1, 0.15) is 11.7 Å². The molecule has 0 aliphatic carbocycles. The minimum absolute atomic E-state index is 0.124. The number of hydrogen-bond donors (Lipinski definition) is 2. The van der Waals surface area contributed by atoms with Gasteiger partial charge in [-0.2, -0.15) is 5.10 Å². The second-order valence-electron chi connectivity index (χ2n) is 4.66. The predicted molar refractivity (Wildman–Crippen MR) is 71.0 cm³/mol. The topological polar surface area (TPSA) is 84.2 Å². The summed E-state index contributed by atoms with van der Waals surface area (Å²) in [5, 5.41) is 15.9. The zero-order valence-corrected chi connectivity index (χ0v) is 11.8. The standard InChI is InChI=1S/C13H21N3O3/c1-5-8(3)11(13(18)19)14-12(17)10-7-9(4)15-16(10)6-2/h7-8,11H,5-6H2,1-4H3,(H,14,17)(H,18,19)/t8-,11-/m0/s1. The maximum absolute atomic E-state index is 12.1. The van der Waals surface area contributed by atoms with Crippen molar-refractivity contribution in [2.75, 3.05) is 0 Å². The van der Waals surface area contributed by atoms with Crippen LogP contribution >= 0.6 is 0 Å². The molecule has 1 rings (SSSR count). The van der Waals surface area contributed by atoms with Gasteiger partial charge in [0.05, 0.1) is 5.69 Å². The van der Waals surface area contributed by atoms with Crippen LogP contribution in [0.2, 0.25) is 0 Å². The average Bonchev–Trinajstić information content (AvgIpc) is 2.75. The number of carbonyl (C=O) groups excluding carboxylic acids is 1. The predicted octanol–water partition coefficient (Wildman–Crippen LogP) is 1.44. The number of hydrogen-bond acceptors (Lipinski definition) is 3. The minimum atomic E-state index is -1.01. The molecule has 1 amide bonds. The molecule has 0 aromatic carbocycles. The molecule has 6 nitrogen and oxygen atoms in total. The highest BCUT2D eigenvalue weighted by Gasteiger charge is 2.26. The quantitative estimate of drug-likeness (QED) is 0.816. The number of carboxylic acids is 1. The van der Waals surface area contributed by atoms with E-state index in [1.54, 1.807) is 24.6 Å². The van der Waals surface area contributed by atoms with Crippen molar-refractivity contribution in [3.05, 3.63) is 17.5 Å². The van der Waals surface area contributed by atoms with Gasteiger partial charge < -0.3 is 10.4 Å². The van der Waals surface area contributed by atoms with Gasteiger partial charge in [-0.05, 0) is 25.8 Å². The Morgan fingerprint density at radius 2 is 2.11 bits per heavy atom. The van der Waals surface area contributed by atoms with Crippen LogP contribution in [-0.4, -0.2) is 32.8 Å². The number of nitrogens with one attached hydrogen (secondary N) is 1. The van der Waals surface area contributed by atoms with Crippen LogP contribution in [0.25, 0.3) is 0 Å². The van der Waals surface area contributed by atoms with Crippen molar-refractivity contribution >= 4 is 11.9 Å². The Morgan fingerprint density at radius 1 is 1.47 bits per heavy atom. The summed E-state index contributed by atoms with van der Waals surface area (Å²) in [4.78, 5) is 23.3. The minimum Gasteiger partial charge on any atom is -0.480 e. The molecular formula is C13H21N3O3. The summed E-state index contributed by atoms with van der Waals surface area (Å²) in [6.45, 7) is 7.95. The molecule has 0 aliphatic rings. The molecule has 1 heterocycles. The molecule has 0 unspecified atom stereocenters.